The SMILES string of the molecule is O=C(CCNC(=O)c1ccc(C(=O)NN=Cc2cccc(C=Cc3ccccc3Cl)c2)cc1)NCCO. The molecule has 37 heavy (non-hydrogen) atoms. The Balaban J connectivity index is 1.50. The number of carbonyl (C=O) groups excluding carboxylic acids is 3. The van der Waals surface area contributed by atoms with Gasteiger partial charge in [-0.25, -0.2) is 5.43 Å². The molecule has 0 aliphatic rings. The third-order valence-electron chi connectivity index (χ3n) is 5.13. The van der Waals surface area contributed by atoms with Gasteiger partial charge in [0.25, 0.3) is 11.8 Å². The van der Waals surface area contributed by atoms with Gasteiger partial charge in [0.1, 0.15) is 0 Å². The lowest BCUT2D eigenvalue weighted by Gasteiger charge is -2.06. The van der Waals surface area contributed by atoms with Crippen LogP contribution in [0.3, 0.4) is 0 Å². The number of aliphatic hydroxyl groups is 1. The maximum Gasteiger partial charge on any atom is 0.271 e. The first-order valence-corrected chi connectivity index (χ1v) is 12.0. The van der Waals surface area contributed by atoms with Crippen LogP contribution < -0.4 is 16.1 Å². The smallest absolute Gasteiger partial charge is 0.271 e. The topological polar surface area (TPSA) is 120 Å². The monoisotopic (exact) mass is 518 g/mol. The normalized spacial score (nSPS) is 11.0. The highest BCUT2D eigenvalue weighted by Crippen LogP contribution is 2.18. The molecule has 3 amide bonds. The largest absolute Gasteiger partial charge is 0.395 e. The maximum atomic E-state index is 12.4. The molecule has 0 heterocycles. The fourth-order valence-corrected chi connectivity index (χ4v) is 3.42. The Kier molecular flexibility index (Phi) is 10.6. The summed E-state index contributed by atoms with van der Waals surface area (Å²) in [5, 5.41) is 18.5. The van der Waals surface area contributed by atoms with Crippen LogP contribution in [0.4, 0.5) is 0 Å². The van der Waals surface area contributed by atoms with Crippen LogP contribution in [0.25, 0.3) is 12.2 Å². The number of hydrogen-bond acceptors (Lipinski definition) is 5. The molecule has 4 N–H and O–H groups in total. The fraction of sp³-hybridized carbons (Fsp3) is 0.143. The van der Waals surface area contributed by atoms with E-state index in [-0.39, 0.29) is 37.9 Å². The number of hydrazone groups is 1. The minimum Gasteiger partial charge on any atom is -0.395 e. The molecule has 3 aromatic rings. The molecule has 190 valence electrons. The van der Waals surface area contributed by atoms with E-state index in [2.05, 4.69) is 21.2 Å². The van der Waals surface area contributed by atoms with E-state index in [9.17, 15) is 14.4 Å². The summed E-state index contributed by atoms with van der Waals surface area (Å²) >= 11 is 6.19. The lowest BCUT2D eigenvalue weighted by Crippen LogP contribution is -2.32. The number of nitrogens with one attached hydrogen (secondary N) is 3. The van der Waals surface area contributed by atoms with Crippen LogP contribution in [0.5, 0.6) is 0 Å². The lowest BCUT2D eigenvalue weighted by molar-refractivity contribution is -0.121. The van der Waals surface area contributed by atoms with Gasteiger partial charge in [0.05, 0.1) is 12.8 Å². The first kappa shape index (κ1) is 27.3. The van der Waals surface area contributed by atoms with E-state index < -0.39 is 5.91 Å². The summed E-state index contributed by atoms with van der Waals surface area (Å²) in [6, 6.07) is 21.3. The van der Waals surface area contributed by atoms with Crippen LogP contribution in [0.2, 0.25) is 5.02 Å². The van der Waals surface area contributed by atoms with Crippen molar-refractivity contribution in [1.82, 2.24) is 16.1 Å². The second kappa shape index (κ2) is 14.3. The molecular formula is C28H27ClN4O4. The second-order valence-corrected chi connectivity index (χ2v) is 8.29. The van der Waals surface area contributed by atoms with Crippen LogP contribution in [0, 0.1) is 0 Å². The molecule has 3 rings (SSSR count). The number of rotatable bonds is 11. The van der Waals surface area contributed by atoms with Crippen molar-refractivity contribution in [1.29, 1.82) is 0 Å². The zero-order valence-electron chi connectivity index (χ0n) is 20.0. The first-order valence-electron chi connectivity index (χ1n) is 11.6. The number of halogens is 1. The average Bonchev–Trinajstić information content (AvgIpc) is 2.91. The third kappa shape index (κ3) is 9.03. The van der Waals surface area contributed by atoms with Crippen molar-refractivity contribution in [2.45, 2.75) is 6.42 Å². The van der Waals surface area contributed by atoms with Crippen molar-refractivity contribution in [3.8, 4) is 0 Å². The van der Waals surface area contributed by atoms with Gasteiger partial charge < -0.3 is 15.7 Å². The molecule has 0 saturated heterocycles. The molecule has 0 bridgehead atoms. The summed E-state index contributed by atoms with van der Waals surface area (Å²) in [5.41, 5.74) is 5.85. The van der Waals surface area contributed by atoms with Crippen LogP contribution in [-0.4, -0.2) is 48.7 Å². The molecule has 0 aromatic heterocycles. The van der Waals surface area contributed by atoms with Crippen molar-refractivity contribution in [2.24, 2.45) is 5.10 Å². The van der Waals surface area contributed by atoms with Crippen LogP contribution >= 0.6 is 11.6 Å². The highest BCUT2D eigenvalue weighted by molar-refractivity contribution is 6.32. The summed E-state index contributed by atoms with van der Waals surface area (Å²) in [6.07, 6.45) is 5.52. The van der Waals surface area contributed by atoms with E-state index in [0.717, 1.165) is 16.7 Å². The number of benzene rings is 3. The molecular weight excluding hydrogens is 492 g/mol. The van der Waals surface area contributed by atoms with Gasteiger partial charge in [-0.15, -0.1) is 0 Å². The van der Waals surface area contributed by atoms with Gasteiger partial charge in [0.15, 0.2) is 0 Å². The first-order chi connectivity index (χ1) is 18.0. The molecule has 9 heteroatoms. The van der Waals surface area contributed by atoms with Crippen LogP contribution in [0.15, 0.2) is 77.9 Å². The molecule has 8 nitrogen and oxygen atoms in total. The summed E-state index contributed by atoms with van der Waals surface area (Å²) in [5.74, 6) is -1.04. The van der Waals surface area contributed by atoms with Crippen molar-refractivity contribution >= 4 is 47.7 Å². The van der Waals surface area contributed by atoms with Gasteiger partial charge >= 0.3 is 0 Å². The Labute approximate surface area is 220 Å². The quantitative estimate of drug-likeness (QED) is 0.176. The molecule has 0 saturated carbocycles. The number of nitrogens with zero attached hydrogens (tertiary/aromatic N) is 1. The van der Waals surface area contributed by atoms with Crippen molar-refractivity contribution in [3.63, 3.8) is 0 Å². The average molecular weight is 519 g/mol. The van der Waals surface area contributed by atoms with Crippen LogP contribution in [0.1, 0.15) is 43.8 Å². The van der Waals surface area contributed by atoms with Gasteiger partial charge in [-0.1, -0.05) is 60.2 Å². The fourth-order valence-electron chi connectivity index (χ4n) is 3.22. The van der Waals surface area contributed by atoms with Crippen molar-refractivity contribution < 1.29 is 19.5 Å². The van der Waals surface area contributed by atoms with E-state index in [1.165, 1.54) is 24.3 Å². The summed E-state index contributed by atoms with van der Waals surface area (Å²) in [4.78, 5) is 36.1. The van der Waals surface area contributed by atoms with Gasteiger partial charge in [0, 0.05) is 35.7 Å². The molecule has 0 fully saturated rings. The maximum absolute atomic E-state index is 12.4. The van der Waals surface area contributed by atoms with Gasteiger partial charge in [0.2, 0.25) is 5.91 Å². The van der Waals surface area contributed by atoms with Crippen LogP contribution in [-0.2, 0) is 4.79 Å². The molecule has 0 aliphatic heterocycles. The van der Waals surface area contributed by atoms with E-state index in [4.69, 9.17) is 16.7 Å². The second-order valence-electron chi connectivity index (χ2n) is 7.88. The minimum absolute atomic E-state index is 0.102. The molecule has 0 spiro atoms. The summed E-state index contributed by atoms with van der Waals surface area (Å²) < 4.78 is 0. The number of carbonyl (C=O) groups is 3. The highest BCUT2D eigenvalue weighted by atomic mass is 35.5. The Hall–Kier alpha value is -4.27. The van der Waals surface area contributed by atoms with Gasteiger partial charge in [-0.05, 0) is 53.1 Å². The standard InChI is InChI=1S/C28H27ClN4O4/c29-25-7-2-1-6-22(25)9-8-20-4-3-5-21(18-20)19-32-33-28(37)24-12-10-23(11-13-24)27(36)31-15-14-26(35)30-16-17-34/h1-13,18-19,34H,14-17H2,(H,30,35)(H,31,36)(H,33,37). The lowest BCUT2D eigenvalue weighted by atomic mass is 10.1. The molecule has 0 atom stereocenters. The molecule has 3 aromatic carbocycles. The zero-order valence-corrected chi connectivity index (χ0v) is 20.7. The number of aliphatic hydroxyl groups excluding tert-OH is 1. The third-order valence-corrected chi connectivity index (χ3v) is 5.48. The van der Waals surface area contributed by atoms with Gasteiger partial charge in [-0.3, -0.25) is 14.4 Å². The van der Waals surface area contributed by atoms with E-state index >= 15 is 0 Å². The molecule has 0 aliphatic carbocycles. The van der Waals surface area contributed by atoms with Gasteiger partial charge in [-0.2, -0.15) is 5.10 Å². The van der Waals surface area contributed by atoms with E-state index in [1.807, 2.05) is 60.7 Å². The van der Waals surface area contributed by atoms with Crippen molar-refractivity contribution in [3.05, 3.63) is 106 Å². The predicted molar refractivity (Wildman–Crippen MR) is 145 cm³/mol. The predicted octanol–water partition coefficient (Wildman–Crippen LogP) is 3.50. The van der Waals surface area contributed by atoms with Crippen molar-refractivity contribution in [2.75, 3.05) is 19.7 Å². The van der Waals surface area contributed by atoms with E-state index in [0.29, 0.717) is 16.1 Å². The highest BCUT2D eigenvalue weighted by Gasteiger charge is 2.09. The molecule has 0 radical (unpaired) electrons. The Bertz CT molecular complexity index is 1290. The summed E-state index contributed by atoms with van der Waals surface area (Å²) in [6.45, 7) is 0.192. The Morgan fingerprint density at radius 3 is 2.24 bits per heavy atom. The Morgan fingerprint density at radius 1 is 0.811 bits per heavy atom. The molecule has 0 unspecified atom stereocenters. The minimum atomic E-state index is -0.418. The summed E-state index contributed by atoms with van der Waals surface area (Å²) in [7, 11) is 0. The number of amides is 3. The number of hydrogen-bond donors (Lipinski definition) is 4. The zero-order chi connectivity index (χ0) is 26.5. The Morgan fingerprint density at radius 2 is 1.51 bits per heavy atom. The van der Waals surface area contributed by atoms with E-state index in [1.54, 1.807) is 6.21 Å².